The summed E-state index contributed by atoms with van der Waals surface area (Å²) in [6, 6.07) is 20.9. The Morgan fingerprint density at radius 1 is 1.00 bits per heavy atom. The number of hydrogen-bond donors (Lipinski definition) is 2. The first-order chi connectivity index (χ1) is 15.2. The fraction of sp³-hybridized carbons (Fsp3) is 0.240. The Balaban J connectivity index is 1.34. The topological polar surface area (TPSA) is 71.0 Å². The number of phenolic OH excluding ortho intramolecular Hbond substituents is 1. The lowest BCUT2D eigenvalue weighted by atomic mass is 9.93. The normalized spacial score (nSPS) is 17.2. The lowest BCUT2D eigenvalue weighted by Gasteiger charge is -2.36. The molecule has 0 radical (unpaired) electrons. The Hall–Kier alpha value is -3.51. The number of aromatic hydroxyl groups is 1. The fourth-order valence-electron chi connectivity index (χ4n) is 4.22. The van der Waals surface area contributed by atoms with Gasteiger partial charge < -0.3 is 19.9 Å². The van der Waals surface area contributed by atoms with E-state index >= 15 is 0 Å². The molecule has 2 heterocycles. The van der Waals surface area contributed by atoms with E-state index in [9.17, 15) is 9.90 Å². The van der Waals surface area contributed by atoms with Gasteiger partial charge in [0.2, 0.25) is 12.7 Å². The van der Waals surface area contributed by atoms with Crippen LogP contribution in [0.4, 0.5) is 0 Å². The van der Waals surface area contributed by atoms with Crippen molar-refractivity contribution in [3.05, 3.63) is 89.0 Å². The summed E-state index contributed by atoms with van der Waals surface area (Å²) in [6.45, 7) is 1.81. The van der Waals surface area contributed by atoms with E-state index in [-0.39, 0.29) is 24.5 Å². The van der Waals surface area contributed by atoms with Gasteiger partial charge in [0, 0.05) is 25.2 Å². The molecule has 1 amide bonds. The summed E-state index contributed by atoms with van der Waals surface area (Å²) in [5.41, 5.74) is 4.19. The number of benzene rings is 3. The van der Waals surface area contributed by atoms with Crippen molar-refractivity contribution in [2.45, 2.75) is 32.1 Å². The van der Waals surface area contributed by atoms with Crippen LogP contribution in [-0.2, 0) is 30.8 Å². The number of hydrogen-bond acceptors (Lipinski definition) is 5. The minimum atomic E-state index is -0.316. The van der Waals surface area contributed by atoms with Crippen molar-refractivity contribution in [2.24, 2.45) is 0 Å². The van der Waals surface area contributed by atoms with Crippen LogP contribution in [0.25, 0.3) is 0 Å². The molecule has 3 aromatic carbocycles. The minimum absolute atomic E-state index is 0.0254. The van der Waals surface area contributed by atoms with Crippen molar-refractivity contribution < 1.29 is 19.4 Å². The van der Waals surface area contributed by atoms with Gasteiger partial charge in [0.1, 0.15) is 5.75 Å². The van der Waals surface area contributed by atoms with Crippen molar-refractivity contribution in [1.82, 2.24) is 10.2 Å². The lowest BCUT2D eigenvalue weighted by molar-refractivity contribution is -0.127. The molecule has 0 aromatic heterocycles. The third-order valence-electron chi connectivity index (χ3n) is 5.92. The van der Waals surface area contributed by atoms with E-state index in [1.807, 2.05) is 42.5 Å². The molecule has 2 aliphatic heterocycles. The zero-order valence-corrected chi connectivity index (χ0v) is 17.1. The summed E-state index contributed by atoms with van der Waals surface area (Å²) in [6.07, 6.45) is 0.636. The van der Waals surface area contributed by atoms with Crippen LogP contribution in [0.15, 0.2) is 66.7 Å². The number of para-hydroxylation sites is 1. The van der Waals surface area contributed by atoms with Crippen LogP contribution in [-0.4, -0.2) is 28.7 Å². The molecule has 0 saturated carbocycles. The summed E-state index contributed by atoms with van der Waals surface area (Å²) >= 11 is 0. The molecule has 2 N–H and O–H groups in total. The number of carbonyl (C=O) groups is 1. The first-order valence-corrected chi connectivity index (χ1v) is 10.4. The maximum atomic E-state index is 13.2. The number of nitrogens with one attached hydrogen (secondary N) is 1. The smallest absolute Gasteiger partial charge is 0.237 e. The predicted octanol–water partition coefficient (Wildman–Crippen LogP) is 3.36. The van der Waals surface area contributed by atoms with Crippen LogP contribution in [0.5, 0.6) is 17.2 Å². The van der Waals surface area contributed by atoms with E-state index in [4.69, 9.17) is 9.47 Å². The molecule has 2 aliphatic rings. The summed E-state index contributed by atoms with van der Waals surface area (Å²) in [5.74, 6) is 1.66. The largest absolute Gasteiger partial charge is 0.508 e. The molecule has 0 aliphatic carbocycles. The van der Waals surface area contributed by atoms with E-state index < -0.39 is 0 Å². The minimum Gasteiger partial charge on any atom is -0.508 e. The first kappa shape index (κ1) is 19.5. The lowest BCUT2D eigenvalue weighted by Crippen LogP contribution is -2.49. The number of rotatable bonds is 5. The number of nitrogens with zero attached hydrogens (tertiary/aromatic N) is 1. The van der Waals surface area contributed by atoms with Crippen LogP contribution in [0.2, 0.25) is 0 Å². The summed E-state index contributed by atoms with van der Waals surface area (Å²) in [7, 11) is 0. The van der Waals surface area contributed by atoms with Crippen LogP contribution in [0, 0.1) is 0 Å². The average molecular weight is 416 g/mol. The Kier molecular flexibility index (Phi) is 5.22. The SMILES string of the molecule is O=C(NCc1ccc2c(c1)OCO2)C1Cc2ccccc2CN1Cc1ccccc1O. The third-order valence-corrected chi connectivity index (χ3v) is 5.92. The zero-order chi connectivity index (χ0) is 21.2. The highest BCUT2D eigenvalue weighted by atomic mass is 16.7. The zero-order valence-electron chi connectivity index (χ0n) is 17.1. The molecule has 1 atom stereocenters. The van der Waals surface area contributed by atoms with Crippen LogP contribution in [0.1, 0.15) is 22.3 Å². The number of fused-ring (bicyclic) bond motifs is 2. The second-order valence-corrected chi connectivity index (χ2v) is 7.93. The summed E-state index contributed by atoms with van der Waals surface area (Å²) in [4.78, 5) is 15.4. The molecule has 0 saturated heterocycles. The molecular weight excluding hydrogens is 392 g/mol. The molecule has 1 unspecified atom stereocenters. The van der Waals surface area contributed by atoms with E-state index in [0.717, 1.165) is 16.9 Å². The van der Waals surface area contributed by atoms with Gasteiger partial charge in [-0.2, -0.15) is 0 Å². The van der Waals surface area contributed by atoms with Crippen molar-refractivity contribution in [3.8, 4) is 17.2 Å². The molecular formula is C25H24N2O4. The van der Waals surface area contributed by atoms with E-state index in [1.165, 1.54) is 11.1 Å². The molecule has 5 rings (SSSR count). The van der Waals surface area contributed by atoms with Crippen molar-refractivity contribution in [1.29, 1.82) is 0 Å². The summed E-state index contributed by atoms with van der Waals surface area (Å²) < 4.78 is 10.8. The van der Waals surface area contributed by atoms with E-state index in [2.05, 4.69) is 22.3 Å². The maximum Gasteiger partial charge on any atom is 0.237 e. The van der Waals surface area contributed by atoms with Crippen molar-refractivity contribution >= 4 is 5.91 Å². The highest BCUT2D eigenvalue weighted by Gasteiger charge is 2.31. The van der Waals surface area contributed by atoms with Gasteiger partial charge in [-0.15, -0.1) is 0 Å². The Morgan fingerprint density at radius 3 is 2.65 bits per heavy atom. The van der Waals surface area contributed by atoms with E-state index in [1.54, 1.807) is 12.1 Å². The maximum absolute atomic E-state index is 13.2. The second kappa shape index (κ2) is 8.32. The molecule has 3 aromatic rings. The Bertz CT molecular complexity index is 1110. The van der Waals surface area contributed by atoms with Gasteiger partial charge >= 0.3 is 0 Å². The molecule has 0 bridgehead atoms. The number of amides is 1. The second-order valence-electron chi connectivity index (χ2n) is 7.93. The predicted molar refractivity (Wildman–Crippen MR) is 116 cm³/mol. The third kappa shape index (κ3) is 4.07. The monoisotopic (exact) mass is 416 g/mol. The van der Waals surface area contributed by atoms with Gasteiger partial charge in [-0.3, -0.25) is 9.69 Å². The van der Waals surface area contributed by atoms with Crippen LogP contribution in [0.3, 0.4) is 0 Å². The van der Waals surface area contributed by atoms with Gasteiger partial charge in [0.25, 0.3) is 0 Å². The van der Waals surface area contributed by atoms with Gasteiger partial charge in [-0.25, -0.2) is 0 Å². The molecule has 31 heavy (non-hydrogen) atoms. The number of ether oxygens (including phenoxy) is 2. The van der Waals surface area contributed by atoms with Crippen molar-refractivity contribution in [2.75, 3.05) is 6.79 Å². The molecule has 6 heteroatoms. The van der Waals surface area contributed by atoms with Gasteiger partial charge in [-0.1, -0.05) is 48.5 Å². The molecule has 6 nitrogen and oxygen atoms in total. The highest BCUT2D eigenvalue weighted by Crippen LogP contribution is 2.32. The van der Waals surface area contributed by atoms with Crippen LogP contribution < -0.4 is 14.8 Å². The van der Waals surface area contributed by atoms with Gasteiger partial charge in [0.15, 0.2) is 11.5 Å². The molecule has 0 fully saturated rings. The average Bonchev–Trinajstić information content (AvgIpc) is 3.26. The standard InChI is InChI=1S/C25H24N2O4/c28-22-8-4-3-7-20(22)15-27-14-19-6-2-1-5-18(19)12-21(27)25(29)26-13-17-9-10-23-24(11-17)31-16-30-23/h1-11,21,28H,12-16H2,(H,26,29). The number of carbonyl (C=O) groups excluding carboxylic acids is 1. The van der Waals surface area contributed by atoms with E-state index in [0.29, 0.717) is 31.8 Å². The van der Waals surface area contributed by atoms with Crippen molar-refractivity contribution in [3.63, 3.8) is 0 Å². The van der Waals surface area contributed by atoms with Gasteiger partial charge in [-0.05, 0) is 41.3 Å². The molecule has 158 valence electrons. The highest BCUT2D eigenvalue weighted by molar-refractivity contribution is 5.82. The number of phenols is 1. The van der Waals surface area contributed by atoms with Crippen LogP contribution >= 0.6 is 0 Å². The fourth-order valence-corrected chi connectivity index (χ4v) is 4.22. The van der Waals surface area contributed by atoms with Gasteiger partial charge in [0.05, 0.1) is 6.04 Å². The molecule has 0 spiro atoms. The quantitative estimate of drug-likeness (QED) is 0.667. The Morgan fingerprint density at radius 2 is 1.77 bits per heavy atom. The Labute approximate surface area is 181 Å². The summed E-state index contributed by atoms with van der Waals surface area (Å²) in [5, 5.41) is 13.3. The first-order valence-electron chi connectivity index (χ1n) is 10.4.